The van der Waals surface area contributed by atoms with Gasteiger partial charge >= 0.3 is 12.2 Å². The number of carbonyl (C=O) groups is 2. The Morgan fingerprint density at radius 2 is 1.85 bits per heavy atom. The monoisotopic (exact) mass is 377 g/mol. The smallest absolute Gasteiger partial charge is 0.330 e. The second-order valence-electron chi connectivity index (χ2n) is 6.93. The summed E-state index contributed by atoms with van der Waals surface area (Å²) in [7, 11) is 0. The molecule has 0 bridgehead atoms. The molecule has 5 nitrogen and oxygen atoms in total. The summed E-state index contributed by atoms with van der Waals surface area (Å²) in [4.78, 5) is 28.8. The normalized spacial score (nSPS) is 22.9. The van der Waals surface area contributed by atoms with Crippen LogP contribution >= 0.6 is 0 Å². The first-order chi connectivity index (χ1) is 12.8. The first-order valence-electron chi connectivity index (χ1n) is 8.71. The molecule has 0 unspecified atom stereocenters. The molecule has 8 heteroatoms. The van der Waals surface area contributed by atoms with Gasteiger partial charge in [0.15, 0.2) is 0 Å². The van der Waals surface area contributed by atoms with Crippen LogP contribution in [0.1, 0.15) is 30.0 Å². The van der Waals surface area contributed by atoms with Gasteiger partial charge in [-0.15, -0.1) is 6.58 Å². The number of benzene rings is 1. The van der Waals surface area contributed by atoms with E-state index in [1.165, 1.54) is 17.0 Å². The van der Waals surface area contributed by atoms with Crippen LogP contribution in [0, 0.1) is 0 Å². The molecule has 3 amide bonds. The minimum Gasteiger partial charge on any atom is -0.330 e. The molecular formula is C19H18F3N3O2. The van der Waals surface area contributed by atoms with E-state index in [1.807, 2.05) is 0 Å². The summed E-state index contributed by atoms with van der Waals surface area (Å²) in [6.07, 6.45) is -1.00. The summed E-state index contributed by atoms with van der Waals surface area (Å²) in [5.74, 6) is -0.161. The Hall–Kier alpha value is -2.77. The summed E-state index contributed by atoms with van der Waals surface area (Å²) in [5.41, 5.74) is 0.727. The average Bonchev–Trinajstić information content (AvgIpc) is 3.40. The van der Waals surface area contributed by atoms with Crippen molar-refractivity contribution >= 4 is 11.9 Å². The van der Waals surface area contributed by atoms with Crippen LogP contribution in [0.5, 0.6) is 0 Å². The maximum Gasteiger partial charge on any atom is 0.416 e. The largest absolute Gasteiger partial charge is 0.416 e. The van der Waals surface area contributed by atoms with E-state index in [2.05, 4.69) is 11.9 Å². The van der Waals surface area contributed by atoms with Gasteiger partial charge in [0, 0.05) is 12.6 Å². The Bertz CT molecular complexity index is 841. The van der Waals surface area contributed by atoms with Gasteiger partial charge in [0.25, 0.3) is 5.91 Å². The molecule has 1 fully saturated rings. The highest BCUT2D eigenvalue weighted by Crippen LogP contribution is 2.41. The van der Waals surface area contributed by atoms with Crippen LogP contribution in [0.25, 0.3) is 0 Å². The van der Waals surface area contributed by atoms with E-state index in [-0.39, 0.29) is 24.5 Å². The standard InChI is InChI=1S/C19H18F3N3O2/c1-2-9-24-14-10-25(13-7-8-13)17(26)15(14)16(23-18(24)27)11-3-5-12(6-4-11)19(20,21)22/h2-6,13,16H,1,7-10H2,(H,23,27)/t16-/m1/s1. The van der Waals surface area contributed by atoms with Crippen molar-refractivity contribution in [2.45, 2.75) is 31.1 Å². The van der Waals surface area contributed by atoms with Crippen molar-refractivity contribution < 1.29 is 22.8 Å². The lowest BCUT2D eigenvalue weighted by molar-refractivity contribution is -0.137. The van der Waals surface area contributed by atoms with Crippen molar-refractivity contribution in [3.05, 3.63) is 59.3 Å². The van der Waals surface area contributed by atoms with Crippen LogP contribution in [0.2, 0.25) is 0 Å². The Kier molecular flexibility index (Phi) is 4.01. The maximum absolute atomic E-state index is 13.0. The van der Waals surface area contributed by atoms with Gasteiger partial charge in [0.2, 0.25) is 0 Å². The minimum atomic E-state index is -4.44. The van der Waals surface area contributed by atoms with Crippen molar-refractivity contribution in [1.82, 2.24) is 15.1 Å². The lowest BCUT2D eigenvalue weighted by atomic mass is 9.94. The number of hydrogen-bond donors (Lipinski definition) is 1. The zero-order chi connectivity index (χ0) is 19.3. The number of urea groups is 1. The predicted molar refractivity (Wildman–Crippen MR) is 91.4 cm³/mol. The zero-order valence-corrected chi connectivity index (χ0v) is 14.4. The third-order valence-corrected chi connectivity index (χ3v) is 5.12. The van der Waals surface area contributed by atoms with Crippen molar-refractivity contribution in [3.8, 4) is 0 Å². The van der Waals surface area contributed by atoms with E-state index in [4.69, 9.17) is 0 Å². The molecule has 1 aromatic carbocycles. The van der Waals surface area contributed by atoms with Crippen molar-refractivity contribution in [1.29, 1.82) is 0 Å². The van der Waals surface area contributed by atoms with E-state index in [9.17, 15) is 22.8 Å². The molecule has 1 saturated carbocycles. The van der Waals surface area contributed by atoms with Crippen molar-refractivity contribution in [2.75, 3.05) is 13.1 Å². The number of rotatable bonds is 4. The molecule has 142 valence electrons. The van der Waals surface area contributed by atoms with E-state index < -0.39 is 17.8 Å². The fraction of sp³-hybridized carbons (Fsp3) is 0.368. The highest BCUT2D eigenvalue weighted by Gasteiger charge is 2.47. The molecule has 4 rings (SSSR count). The van der Waals surface area contributed by atoms with Gasteiger partial charge in [-0.1, -0.05) is 18.2 Å². The van der Waals surface area contributed by atoms with E-state index >= 15 is 0 Å². The van der Waals surface area contributed by atoms with Crippen LogP contribution in [0.4, 0.5) is 18.0 Å². The summed E-state index contributed by atoms with van der Waals surface area (Å²) in [5, 5.41) is 2.76. The first-order valence-corrected chi connectivity index (χ1v) is 8.71. The number of halogens is 3. The van der Waals surface area contributed by atoms with Crippen LogP contribution in [0.15, 0.2) is 48.2 Å². The second-order valence-corrected chi connectivity index (χ2v) is 6.93. The van der Waals surface area contributed by atoms with E-state index in [0.29, 0.717) is 23.4 Å². The number of amides is 3. The Morgan fingerprint density at radius 3 is 2.41 bits per heavy atom. The SMILES string of the molecule is C=CCN1C(=O)N[C@H](c2ccc(C(F)(F)F)cc2)C2=C1CN(C1CC1)C2=O. The molecule has 2 aliphatic heterocycles. The molecule has 27 heavy (non-hydrogen) atoms. The van der Waals surface area contributed by atoms with Gasteiger partial charge in [-0.05, 0) is 30.5 Å². The van der Waals surface area contributed by atoms with Gasteiger partial charge in [-0.2, -0.15) is 13.2 Å². The molecule has 0 radical (unpaired) electrons. The second kappa shape index (κ2) is 6.14. The predicted octanol–water partition coefficient (Wildman–Crippen LogP) is 3.22. The quantitative estimate of drug-likeness (QED) is 0.820. The van der Waals surface area contributed by atoms with Gasteiger partial charge in [0.05, 0.1) is 29.4 Å². The molecule has 0 spiro atoms. The maximum atomic E-state index is 13.0. The first kappa shape index (κ1) is 17.6. The van der Waals surface area contributed by atoms with Crippen molar-refractivity contribution in [2.24, 2.45) is 0 Å². The highest BCUT2D eigenvalue weighted by molar-refractivity contribution is 6.01. The molecular weight excluding hydrogens is 359 g/mol. The lowest BCUT2D eigenvalue weighted by Crippen LogP contribution is -2.47. The average molecular weight is 377 g/mol. The van der Waals surface area contributed by atoms with E-state index in [1.54, 1.807) is 11.0 Å². The number of hydrogen-bond acceptors (Lipinski definition) is 2. The zero-order valence-electron chi connectivity index (χ0n) is 14.4. The number of nitrogens with one attached hydrogen (secondary N) is 1. The van der Waals surface area contributed by atoms with Crippen LogP contribution in [0.3, 0.4) is 0 Å². The Morgan fingerprint density at radius 1 is 1.19 bits per heavy atom. The topological polar surface area (TPSA) is 52.7 Å². The van der Waals surface area contributed by atoms with Crippen molar-refractivity contribution in [3.63, 3.8) is 0 Å². The molecule has 0 saturated heterocycles. The third kappa shape index (κ3) is 2.98. The number of carbonyl (C=O) groups excluding carboxylic acids is 2. The lowest BCUT2D eigenvalue weighted by Gasteiger charge is -2.33. The Labute approximate surface area is 154 Å². The fourth-order valence-electron chi connectivity index (χ4n) is 3.63. The van der Waals surface area contributed by atoms with Gasteiger partial charge in [0.1, 0.15) is 0 Å². The minimum absolute atomic E-state index is 0.161. The van der Waals surface area contributed by atoms with Gasteiger partial charge in [-0.25, -0.2) is 4.79 Å². The van der Waals surface area contributed by atoms with Crippen LogP contribution in [-0.2, 0) is 11.0 Å². The number of alkyl halides is 3. The summed E-state index contributed by atoms with van der Waals surface area (Å²) in [6.45, 7) is 4.25. The molecule has 1 atom stereocenters. The summed E-state index contributed by atoms with van der Waals surface area (Å²) >= 11 is 0. The molecule has 1 N–H and O–H groups in total. The van der Waals surface area contributed by atoms with Crippen LogP contribution in [-0.4, -0.2) is 40.9 Å². The third-order valence-electron chi connectivity index (χ3n) is 5.12. The molecule has 3 aliphatic rings. The molecule has 2 heterocycles. The molecule has 0 aromatic heterocycles. The molecule has 1 aromatic rings. The molecule has 1 aliphatic carbocycles. The van der Waals surface area contributed by atoms with Crippen LogP contribution < -0.4 is 5.32 Å². The highest BCUT2D eigenvalue weighted by atomic mass is 19.4. The fourth-order valence-corrected chi connectivity index (χ4v) is 3.63. The van der Waals surface area contributed by atoms with Gasteiger partial charge < -0.3 is 10.2 Å². The summed E-state index contributed by atoms with van der Waals surface area (Å²) in [6, 6.07) is 3.60. The number of nitrogens with zero attached hydrogens (tertiary/aromatic N) is 2. The van der Waals surface area contributed by atoms with E-state index in [0.717, 1.165) is 25.0 Å². The Balaban J connectivity index is 1.73. The summed E-state index contributed by atoms with van der Waals surface area (Å²) < 4.78 is 38.5. The van der Waals surface area contributed by atoms with Gasteiger partial charge in [-0.3, -0.25) is 9.69 Å².